The van der Waals surface area contributed by atoms with Crippen molar-refractivity contribution in [2.75, 3.05) is 0 Å². The Morgan fingerprint density at radius 1 is 1.16 bits per heavy atom. The van der Waals surface area contributed by atoms with Gasteiger partial charge in [0, 0.05) is 6.04 Å². The van der Waals surface area contributed by atoms with E-state index in [1.54, 1.807) is 0 Å². The second-order valence-corrected chi connectivity index (χ2v) is 4.68. The number of carbonyl (C=O) groups excluding carboxylic acids is 2. The summed E-state index contributed by atoms with van der Waals surface area (Å²) in [5, 5.41) is 25.1. The van der Waals surface area contributed by atoms with Crippen LogP contribution in [-0.4, -0.2) is 52.4 Å². The molecule has 0 aliphatic heterocycles. The third kappa shape index (κ3) is 5.12. The van der Waals surface area contributed by atoms with Crippen LogP contribution in [0.4, 0.5) is 4.79 Å². The molecule has 0 radical (unpaired) electrons. The molecule has 0 bridgehead atoms. The second kappa shape index (κ2) is 6.37. The van der Waals surface area contributed by atoms with Gasteiger partial charge < -0.3 is 26.2 Å². The van der Waals surface area contributed by atoms with E-state index in [0.717, 1.165) is 12.8 Å². The molecule has 3 atom stereocenters. The fourth-order valence-corrected chi connectivity index (χ4v) is 1.39. The molecule has 1 fully saturated rings. The normalized spacial score (nSPS) is 18.9. The lowest BCUT2D eigenvalue weighted by molar-refractivity contribution is -0.141. The van der Waals surface area contributed by atoms with Gasteiger partial charge in [0.25, 0.3) is 0 Å². The minimum atomic E-state index is -1.42. The maximum Gasteiger partial charge on any atom is 0.328 e. The zero-order chi connectivity index (χ0) is 14.6. The van der Waals surface area contributed by atoms with Gasteiger partial charge in [-0.15, -0.1) is 0 Å². The molecule has 1 aliphatic carbocycles. The number of urea groups is 1. The number of amides is 3. The van der Waals surface area contributed by atoms with Crippen LogP contribution in [0, 0.1) is 0 Å². The number of rotatable bonds is 6. The first-order chi connectivity index (χ1) is 8.81. The summed E-state index contributed by atoms with van der Waals surface area (Å²) >= 11 is 0. The van der Waals surface area contributed by atoms with Gasteiger partial charge in [-0.3, -0.25) is 4.79 Å². The summed E-state index contributed by atoms with van der Waals surface area (Å²) in [4.78, 5) is 33.8. The van der Waals surface area contributed by atoms with Gasteiger partial charge in [-0.25, -0.2) is 9.59 Å². The molecule has 5 N–H and O–H groups in total. The first-order valence-electron chi connectivity index (χ1n) is 6.09. The van der Waals surface area contributed by atoms with Crippen LogP contribution in [0.5, 0.6) is 0 Å². The lowest BCUT2D eigenvalue weighted by Gasteiger charge is -2.19. The molecular formula is C11H19N3O5. The molecule has 1 rings (SSSR count). The SMILES string of the molecule is CC(NC(=O)N[C@H](C(=O)O)[C@@H](C)O)C(=O)NC1CC1. The summed E-state index contributed by atoms with van der Waals surface area (Å²) in [7, 11) is 0. The van der Waals surface area contributed by atoms with E-state index in [0.29, 0.717) is 0 Å². The Balaban J connectivity index is 2.39. The highest BCUT2D eigenvalue weighted by Gasteiger charge is 2.28. The summed E-state index contributed by atoms with van der Waals surface area (Å²) in [6.07, 6.45) is 0.639. The van der Waals surface area contributed by atoms with Crippen molar-refractivity contribution in [2.45, 2.75) is 50.9 Å². The van der Waals surface area contributed by atoms with Crippen LogP contribution >= 0.6 is 0 Å². The average Bonchev–Trinajstić information content (AvgIpc) is 3.08. The second-order valence-electron chi connectivity index (χ2n) is 4.68. The monoisotopic (exact) mass is 273 g/mol. The van der Waals surface area contributed by atoms with E-state index in [2.05, 4.69) is 16.0 Å². The number of aliphatic hydroxyl groups excluding tert-OH is 1. The van der Waals surface area contributed by atoms with E-state index in [9.17, 15) is 19.5 Å². The fourth-order valence-electron chi connectivity index (χ4n) is 1.39. The topological polar surface area (TPSA) is 128 Å². The van der Waals surface area contributed by atoms with Crippen molar-refractivity contribution in [1.82, 2.24) is 16.0 Å². The zero-order valence-corrected chi connectivity index (χ0v) is 10.8. The Morgan fingerprint density at radius 2 is 1.74 bits per heavy atom. The Hall–Kier alpha value is -1.83. The summed E-state index contributed by atoms with van der Waals surface area (Å²) in [6, 6.07) is -2.82. The van der Waals surface area contributed by atoms with Gasteiger partial charge in [-0.2, -0.15) is 0 Å². The Bertz CT molecular complexity index is 367. The largest absolute Gasteiger partial charge is 0.480 e. The molecule has 0 aromatic rings. The first kappa shape index (κ1) is 15.2. The number of hydrogen-bond donors (Lipinski definition) is 5. The van der Waals surface area contributed by atoms with Crippen molar-refractivity contribution in [3.8, 4) is 0 Å². The van der Waals surface area contributed by atoms with E-state index < -0.39 is 30.2 Å². The highest BCUT2D eigenvalue weighted by Crippen LogP contribution is 2.18. The number of hydrogen-bond acceptors (Lipinski definition) is 4. The molecular weight excluding hydrogens is 254 g/mol. The number of nitrogens with one attached hydrogen (secondary N) is 3. The predicted molar refractivity (Wildman–Crippen MR) is 65.4 cm³/mol. The molecule has 0 saturated heterocycles. The third-order valence-electron chi connectivity index (χ3n) is 2.70. The number of aliphatic hydroxyl groups is 1. The van der Waals surface area contributed by atoms with Crippen molar-refractivity contribution < 1.29 is 24.6 Å². The molecule has 1 aliphatic rings. The minimum absolute atomic E-state index is 0.184. The quantitative estimate of drug-likeness (QED) is 0.415. The Morgan fingerprint density at radius 3 is 2.16 bits per heavy atom. The third-order valence-corrected chi connectivity index (χ3v) is 2.70. The lowest BCUT2D eigenvalue weighted by Crippen LogP contribution is -2.55. The van der Waals surface area contributed by atoms with Gasteiger partial charge in [0.15, 0.2) is 6.04 Å². The molecule has 8 nitrogen and oxygen atoms in total. The number of carboxylic acid groups (broad SMARTS) is 1. The van der Waals surface area contributed by atoms with Crippen molar-refractivity contribution in [2.24, 2.45) is 0 Å². The van der Waals surface area contributed by atoms with Crippen LogP contribution in [0.1, 0.15) is 26.7 Å². The maximum absolute atomic E-state index is 11.6. The van der Waals surface area contributed by atoms with E-state index in [1.165, 1.54) is 13.8 Å². The van der Waals surface area contributed by atoms with Gasteiger partial charge in [0.1, 0.15) is 6.04 Å². The minimum Gasteiger partial charge on any atom is -0.480 e. The van der Waals surface area contributed by atoms with Crippen LogP contribution in [-0.2, 0) is 9.59 Å². The zero-order valence-electron chi connectivity index (χ0n) is 10.8. The van der Waals surface area contributed by atoms with E-state index in [-0.39, 0.29) is 11.9 Å². The molecule has 108 valence electrons. The number of carboxylic acids is 1. The summed E-state index contributed by atoms with van der Waals surface area (Å²) in [5.74, 6) is -1.66. The smallest absolute Gasteiger partial charge is 0.328 e. The van der Waals surface area contributed by atoms with Gasteiger partial charge >= 0.3 is 12.0 Å². The summed E-state index contributed by atoms with van der Waals surface area (Å²) in [5.41, 5.74) is 0. The molecule has 0 aromatic heterocycles. The molecule has 0 heterocycles. The summed E-state index contributed by atoms with van der Waals surface area (Å²) < 4.78 is 0. The van der Waals surface area contributed by atoms with Gasteiger partial charge in [-0.05, 0) is 26.7 Å². The maximum atomic E-state index is 11.6. The van der Waals surface area contributed by atoms with Crippen molar-refractivity contribution in [3.63, 3.8) is 0 Å². The van der Waals surface area contributed by atoms with Gasteiger partial charge in [0.05, 0.1) is 6.10 Å². The van der Waals surface area contributed by atoms with E-state index >= 15 is 0 Å². The van der Waals surface area contributed by atoms with Crippen LogP contribution in [0.3, 0.4) is 0 Å². The van der Waals surface area contributed by atoms with Crippen LogP contribution < -0.4 is 16.0 Å². The molecule has 0 spiro atoms. The summed E-state index contributed by atoms with van der Waals surface area (Å²) in [6.45, 7) is 2.75. The highest BCUT2D eigenvalue weighted by atomic mass is 16.4. The fraction of sp³-hybridized carbons (Fsp3) is 0.727. The molecule has 1 unspecified atom stereocenters. The Labute approximate surface area is 110 Å². The first-order valence-corrected chi connectivity index (χ1v) is 6.09. The van der Waals surface area contributed by atoms with E-state index in [4.69, 9.17) is 5.11 Å². The molecule has 0 aromatic carbocycles. The van der Waals surface area contributed by atoms with Crippen LogP contribution in [0.15, 0.2) is 0 Å². The highest BCUT2D eigenvalue weighted by molar-refractivity contribution is 5.88. The lowest BCUT2D eigenvalue weighted by atomic mass is 10.2. The average molecular weight is 273 g/mol. The number of carbonyl (C=O) groups is 3. The van der Waals surface area contributed by atoms with Crippen molar-refractivity contribution >= 4 is 17.9 Å². The van der Waals surface area contributed by atoms with Gasteiger partial charge in [-0.1, -0.05) is 0 Å². The molecule has 3 amide bonds. The Kier molecular flexibility index (Phi) is 5.11. The van der Waals surface area contributed by atoms with Crippen LogP contribution in [0.25, 0.3) is 0 Å². The number of aliphatic carboxylic acids is 1. The van der Waals surface area contributed by atoms with Crippen molar-refractivity contribution in [3.05, 3.63) is 0 Å². The molecule has 19 heavy (non-hydrogen) atoms. The molecule has 1 saturated carbocycles. The van der Waals surface area contributed by atoms with Crippen LogP contribution in [0.2, 0.25) is 0 Å². The van der Waals surface area contributed by atoms with Gasteiger partial charge in [0.2, 0.25) is 5.91 Å². The predicted octanol–water partition coefficient (Wildman–Crippen LogP) is -1.21. The standard InChI is InChI=1S/C11H19N3O5/c1-5(9(16)13-7-3-4-7)12-11(19)14-8(6(2)15)10(17)18/h5-8,15H,3-4H2,1-2H3,(H,13,16)(H,17,18)(H2,12,14,19)/t5?,6-,8+/m1/s1. The van der Waals surface area contributed by atoms with Crippen molar-refractivity contribution in [1.29, 1.82) is 0 Å². The van der Waals surface area contributed by atoms with E-state index in [1.807, 2.05) is 0 Å². The molecule has 8 heteroatoms.